The summed E-state index contributed by atoms with van der Waals surface area (Å²) in [5.41, 5.74) is 3.38. The number of hydrogen-bond donors (Lipinski definition) is 1. The number of nitrogens with zero attached hydrogens (tertiary/aromatic N) is 2. The first kappa shape index (κ1) is 15.8. The zero-order valence-electron chi connectivity index (χ0n) is 12.6. The van der Waals surface area contributed by atoms with Gasteiger partial charge in [0.15, 0.2) is 0 Å². The van der Waals surface area contributed by atoms with Crippen LogP contribution < -0.4 is 10.2 Å². The van der Waals surface area contributed by atoms with Crippen molar-refractivity contribution in [2.75, 3.05) is 18.0 Å². The maximum Gasteiger partial charge on any atom is 0.0643 e. The Bertz CT molecular complexity index is 557. The van der Waals surface area contributed by atoms with Crippen LogP contribution in [0, 0.1) is 0 Å². The highest BCUT2D eigenvalue weighted by molar-refractivity contribution is 6.33. The fraction of sp³-hybridized carbons (Fsp3) is 0.353. The number of rotatable bonds is 7. The van der Waals surface area contributed by atoms with Crippen LogP contribution in [-0.4, -0.2) is 18.1 Å². The molecule has 112 valence electrons. The number of pyridine rings is 1. The van der Waals surface area contributed by atoms with Crippen LogP contribution in [0.1, 0.15) is 25.1 Å². The number of para-hydroxylation sites is 1. The molecule has 4 heteroatoms. The van der Waals surface area contributed by atoms with Crippen molar-refractivity contribution < 1.29 is 0 Å². The molecule has 0 atom stereocenters. The Morgan fingerprint density at radius 1 is 1.14 bits per heavy atom. The number of halogens is 1. The van der Waals surface area contributed by atoms with E-state index in [1.54, 1.807) is 0 Å². The summed E-state index contributed by atoms with van der Waals surface area (Å²) in [6, 6.07) is 12.1. The van der Waals surface area contributed by atoms with Crippen LogP contribution in [0.15, 0.2) is 42.6 Å². The molecule has 0 amide bonds. The van der Waals surface area contributed by atoms with Crippen molar-refractivity contribution in [3.63, 3.8) is 0 Å². The van der Waals surface area contributed by atoms with E-state index in [0.29, 0.717) is 0 Å². The molecule has 0 saturated heterocycles. The van der Waals surface area contributed by atoms with Crippen molar-refractivity contribution in [1.82, 2.24) is 10.3 Å². The zero-order chi connectivity index (χ0) is 15.1. The van der Waals surface area contributed by atoms with E-state index >= 15 is 0 Å². The maximum absolute atomic E-state index is 6.46. The number of hydrogen-bond acceptors (Lipinski definition) is 3. The number of nitrogens with one attached hydrogen (secondary N) is 1. The smallest absolute Gasteiger partial charge is 0.0643 e. The number of anilines is 1. The number of aromatic nitrogens is 1. The topological polar surface area (TPSA) is 28.2 Å². The summed E-state index contributed by atoms with van der Waals surface area (Å²) in [7, 11) is 0. The van der Waals surface area contributed by atoms with Gasteiger partial charge in [-0.15, -0.1) is 0 Å². The van der Waals surface area contributed by atoms with E-state index in [2.05, 4.69) is 35.1 Å². The lowest BCUT2D eigenvalue weighted by Gasteiger charge is -2.26. The SMILES string of the molecule is CCNCc1cccc(Cl)c1N(CC)Cc1ccccn1. The first-order chi connectivity index (χ1) is 10.3. The van der Waals surface area contributed by atoms with Gasteiger partial charge in [0, 0.05) is 19.3 Å². The minimum Gasteiger partial charge on any atom is -0.364 e. The molecule has 1 N–H and O–H groups in total. The Kier molecular flexibility index (Phi) is 6.03. The normalized spacial score (nSPS) is 10.6. The molecular formula is C17H22ClN3. The maximum atomic E-state index is 6.46. The summed E-state index contributed by atoms with van der Waals surface area (Å²) >= 11 is 6.46. The van der Waals surface area contributed by atoms with E-state index in [4.69, 9.17) is 11.6 Å². The van der Waals surface area contributed by atoms with Crippen LogP contribution in [-0.2, 0) is 13.1 Å². The first-order valence-electron chi connectivity index (χ1n) is 7.39. The molecule has 0 radical (unpaired) electrons. The Balaban J connectivity index is 2.28. The molecule has 2 aromatic rings. The van der Waals surface area contributed by atoms with Crippen LogP contribution in [0.3, 0.4) is 0 Å². The molecule has 0 unspecified atom stereocenters. The highest BCUT2D eigenvalue weighted by atomic mass is 35.5. The summed E-state index contributed by atoms with van der Waals surface area (Å²) in [6.45, 7) is 7.67. The minimum atomic E-state index is 0.764. The summed E-state index contributed by atoms with van der Waals surface area (Å²) in [6.07, 6.45) is 1.83. The summed E-state index contributed by atoms with van der Waals surface area (Å²) in [5, 5.41) is 4.17. The third-order valence-electron chi connectivity index (χ3n) is 3.41. The Labute approximate surface area is 132 Å². The predicted octanol–water partition coefficient (Wildman–Crippen LogP) is 3.87. The number of benzene rings is 1. The van der Waals surface area contributed by atoms with Crippen molar-refractivity contribution in [1.29, 1.82) is 0 Å². The molecule has 1 aromatic heterocycles. The quantitative estimate of drug-likeness (QED) is 0.841. The highest BCUT2D eigenvalue weighted by Crippen LogP contribution is 2.30. The molecule has 0 saturated carbocycles. The van der Waals surface area contributed by atoms with E-state index in [9.17, 15) is 0 Å². The Hall–Kier alpha value is -1.58. The largest absolute Gasteiger partial charge is 0.364 e. The molecule has 0 fully saturated rings. The molecule has 1 aromatic carbocycles. The van der Waals surface area contributed by atoms with Crippen LogP contribution in [0.25, 0.3) is 0 Å². The highest BCUT2D eigenvalue weighted by Gasteiger charge is 2.14. The van der Waals surface area contributed by atoms with Crippen molar-refractivity contribution in [2.45, 2.75) is 26.9 Å². The molecule has 0 aliphatic carbocycles. The van der Waals surface area contributed by atoms with E-state index in [1.807, 2.05) is 36.5 Å². The second-order valence-electron chi connectivity index (χ2n) is 4.86. The molecule has 2 rings (SSSR count). The zero-order valence-corrected chi connectivity index (χ0v) is 13.4. The average molecular weight is 304 g/mol. The van der Waals surface area contributed by atoms with Gasteiger partial charge >= 0.3 is 0 Å². The molecule has 1 heterocycles. The minimum absolute atomic E-state index is 0.764. The van der Waals surface area contributed by atoms with E-state index < -0.39 is 0 Å². The standard InChI is InChI=1S/C17H22ClN3/c1-3-19-12-14-8-7-10-16(18)17(14)21(4-2)13-15-9-5-6-11-20-15/h5-11,19H,3-4,12-13H2,1-2H3. The van der Waals surface area contributed by atoms with Gasteiger partial charge in [-0.25, -0.2) is 0 Å². The van der Waals surface area contributed by atoms with Crippen LogP contribution in [0.4, 0.5) is 5.69 Å². The monoisotopic (exact) mass is 303 g/mol. The molecule has 21 heavy (non-hydrogen) atoms. The van der Waals surface area contributed by atoms with Gasteiger partial charge in [-0.3, -0.25) is 4.98 Å². The van der Waals surface area contributed by atoms with Gasteiger partial charge in [0.1, 0.15) is 0 Å². The van der Waals surface area contributed by atoms with Gasteiger partial charge in [-0.2, -0.15) is 0 Å². The van der Waals surface area contributed by atoms with Gasteiger partial charge in [0.2, 0.25) is 0 Å². The van der Waals surface area contributed by atoms with Crippen molar-refractivity contribution >= 4 is 17.3 Å². The lowest BCUT2D eigenvalue weighted by molar-refractivity contribution is 0.717. The first-order valence-corrected chi connectivity index (χ1v) is 7.77. The van der Waals surface area contributed by atoms with Crippen LogP contribution in [0.5, 0.6) is 0 Å². The summed E-state index contributed by atoms with van der Waals surface area (Å²) in [4.78, 5) is 6.69. The van der Waals surface area contributed by atoms with Gasteiger partial charge in [0.05, 0.1) is 22.9 Å². The molecule has 0 spiro atoms. The van der Waals surface area contributed by atoms with Crippen molar-refractivity contribution in [3.05, 3.63) is 58.9 Å². The Morgan fingerprint density at radius 2 is 2.00 bits per heavy atom. The summed E-state index contributed by atoms with van der Waals surface area (Å²) in [5.74, 6) is 0. The van der Waals surface area contributed by atoms with Crippen molar-refractivity contribution in [3.8, 4) is 0 Å². The molecule has 0 aliphatic rings. The van der Waals surface area contributed by atoms with Gasteiger partial charge in [-0.05, 0) is 37.2 Å². The van der Waals surface area contributed by atoms with E-state index in [1.165, 1.54) is 5.56 Å². The van der Waals surface area contributed by atoms with Crippen LogP contribution in [0.2, 0.25) is 5.02 Å². The van der Waals surface area contributed by atoms with Gasteiger partial charge in [0.25, 0.3) is 0 Å². The third-order valence-corrected chi connectivity index (χ3v) is 3.72. The van der Waals surface area contributed by atoms with E-state index in [-0.39, 0.29) is 0 Å². The van der Waals surface area contributed by atoms with Crippen LogP contribution >= 0.6 is 11.6 Å². The second kappa shape index (κ2) is 8.01. The molecule has 0 aliphatic heterocycles. The van der Waals surface area contributed by atoms with Gasteiger partial charge in [-0.1, -0.05) is 36.7 Å². The predicted molar refractivity (Wildman–Crippen MR) is 89.8 cm³/mol. The average Bonchev–Trinajstić information content (AvgIpc) is 2.52. The lowest BCUT2D eigenvalue weighted by atomic mass is 10.1. The van der Waals surface area contributed by atoms with E-state index in [0.717, 1.165) is 42.6 Å². The molecular weight excluding hydrogens is 282 g/mol. The summed E-state index contributed by atoms with van der Waals surface area (Å²) < 4.78 is 0. The second-order valence-corrected chi connectivity index (χ2v) is 5.27. The molecule has 3 nitrogen and oxygen atoms in total. The molecule has 0 bridgehead atoms. The third kappa shape index (κ3) is 4.19. The fourth-order valence-electron chi connectivity index (χ4n) is 2.35. The van der Waals surface area contributed by atoms with Crippen molar-refractivity contribution in [2.24, 2.45) is 0 Å². The fourth-order valence-corrected chi connectivity index (χ4v) is 2.67. The lowest BCUT2D eigenvalue weighted by Crippen LogP contribution is -2.25. The Morgan fingerprint density at radius 3 is 2.67 bits per heavy atom. The van der Waals surface area contributed by atoms with Gasteiger partial charge < -0.3 is 10.2 Å².